The largest absolute Gasteiger partial charge is 0.480 e. The Morgan fingerprint density at radius 2 is 1.51 bits per heavy atom. The molecule has 1 heterocycles. The van der Waals surface area contributed by atoms with Gasteiger partial charge in [0.25, 0.3) is 0 Å². The fraction of sp³-hybridized carbons (Fsp3) is 0.267. The normalized spacial score (nSPS) is 13.0. The number of aryl methyl sites for hydroxylation is 2. The topological polar surface area (TPSA) is 82.2 Å². The number of benzene rings is 3. The van der Waals surface area contributed by atoms with Crippen molar-refractivity contribution < 1.29 is 14.7 Å². The van der Waals surface area contributed by atoms with E-state index < -0.39 is 17.4 Å². The van der Waals surface area contributed by atoms with Crippen LogP contribution in [0.3, 0.4) is 0 Å². The number of carbonyl (C=O) groups is 2. The van der Waals surface area contributed by atoms with Crippen molar-refractivity contribution in [1.82, 2.24) is 10.3 Å². The van der Waals surface area contributed by atoms with E-state index >= 15 is 0 Å². The maximum absolute atomic E-state index is 13.7. The van der Waals surface area contributed by atoms with Crippen LogP contribution in [-0.2, 0) is 28.9 Å². The molecule has 4 rings (SSSR count). The van der Waals surface area contributed by atoms with E-state index in [9.17, 15) is 14.7 Å². The lowest BCUT2D eigenvalue weighted by Crippen LogP contribution is -2.55. The number of carbonyl (C=O) groups excluding carboxylic acids is 1. The zero-order valence-corrected chi connectivity index (χ0v) is 20.5. The van der Waals surface area contributed by atoms with Crippen LogP contribution < -0.4 is 5.32 Å². The summed E-state index contributed by atoms with van der Waals surface area (Å²) in [6, 6.07) is 24.0. The molecule has 5 nitrogen and oxygen atoms in total. The third-order valence-corrected chi connectivity index (χ3v) is 6.59. The minimum absolute atomic E-state index is 0.180. The van der Waals surface area contributed by atoms with Crippen LogP contribution in [0.2, 0.25) is 0 Å². The zero-order chi connectivity index (χ0) is 25.0. The molecule has 4 aromatic rings. The number of nitrogens with one attached hydrogen (secondary N) is 2. The van der Waals surface area contributed by atoms with Gasteiger partial charge in [0.1, 0.15) is 5.54 Å². The van der Waals surface area contributed by atoms with Gasteiger partial charge in [0.2, 0.25) is 5.91 Å². The molecule has 1 unspecified atom stereocenters. The lowest BCUT2D eigenvalue weighted by molar-refractivity contribution is -0.147. The van der Waals surface area contributed by atoms with Crippen molar-refractivity contribution in [3.8, 4) is 0 Å². The summed E-state index contributed by atoms with van der Waals surface area (Å²) in [6.45, 7) is 5.65. The quantitative estimate of drug-likeness (QED) is 0.308. The molecular formula is C30H32N2O3. The van der Waals surface area contributed by atoms with Gasteiger partial charge in [0.05, 0.1) is 0 Å². The first-order valence-corrected chi connectivity index (χ1v) is 11.9. The molecule has 3 aromatic carbocycles. The van der Waals surface area contributed by atoms with Crippen molar-refractivity contribution >= 4 is 22.8 Å². The molecule has 0 saturated heterocycles. The number of fused-ring (bicyclic) bond motifs is 1. The number of aromatic amines is 1. The Morgan fingerprint density at radius 3 is 2.09 bits per heavy atom. The maximum Gasteiger partial charge on any atom is 0.329 e. The molecule has 0 bridgehead atoms. The standard InChI is InChI=1S/C30H32N2O3/c1-20-8-6-10-22(14-20)16-24(17-23-11-7-9-21(2)15-23)28(33)32-30(3,29(34)35)18-25-19-31-27-13-5-4-12-26(25)27/h4-15,19,24,31H,16-18H2,1-3H3,(H,32,33)(H,34,35). The third kappa shape index (κ3) is 5.80. The van der Waals surface area contributed by atoms with Gasteiger partial charge in [-0.05, 0) is 56.4 Å². The van der Waals surface area contributed by atoms with Crippen LogP contribution in [0.15, 0.2) is 79.0 Å². The Hall–Kier alpha value is -3.86. The zero-order valence-electron chi connectivity index (χ0n) is 20.5. The summed E-state index contributed by atoms with van der Waals surface area (Å²) < 4.78 is 0. The van der Waals surface area contributed by atoms with Gasteiger partial charge >= 0.3 is 5.97 Å². The Balaban J connectivity index is 1.61. The Morgan fingerprint density at radius 1 is 0.914 bits per heavy atom. The first kappa shape index (κ1) is 24.3. The predicted molar refractivity (Wildman–Crippen MR) is 139 cm³/mol. The molecule has 1 atom stereocenters. The molecular weight excluding hydrogens is 436 g/mol. The van der Waals surface area contributed by atoms with Crippen LogP contribution in [-0.4, -0.2) is 27.5 Å². The van der Waals surface area contributed by atoms with E-state index in [1.807, 2.05) is 80.7 Å². The summed E-state index contributed by atoms with van der Waals surface area (Å²) in [5, 5.41) is 14.0. The van der Waals surface area contributed by atoms with Crippen LogP contribution in [0, 0.1) is 19.8 Å². The number of aromatic nitrogens is 1. The molecule has 1 amide bonds. The van der Waals surface area contributed by atoms with Gasteiger partial charge in [0, 0.05) is 29.4 Å². The minimum Gasteiger partial charge on any atom is -0.480 e. The van der Waals surface area contributed by atoms with Crippen LogP contribution in [0.5, 0.6) is 0 Å². The second-order valence-electron chi connectivity index (χ2n) is 9.75. The van der Waals surface area contributed by atoms with E-state index in [-0.39, 0.29) is 12.3 Å². The fourth-order valence-corrected chi connectivity index (χ4v) is 4.71. The average molecular weight is 469 g/mol. The summed E-state index contributed by atoms with van der Waals surface area (Å²) in [7, 11) is 0. The van der Waals surface area contributed by atoms with Crippen molar-refractivity contribution in [2.45, 2.75) is 45.6 Å². The van der Waals surface area contributed by atoms with Crippen LogP contribution in [0.1, 0.15) is 34.7 Å². The molecule has 0 radical (unpaired) electrons. The minimum atomic E-state index is -1.44. The fourth-order valence-electron chi connectivity index (χ4n) is 4.71. The Kier molecular flexibility index (Phi) is 7.06. The molecule has 1 aromatic heterocycles. The number of carboxylic acid groups (broad SMARTS) is 1. The van der Waals surface area contributed by atoms with Gasteiger partial charge in [-0.3, -0.25) is 4.79 Å². The SMILES string of the molecule is Cc1cccc(CC(Cc2cccc(C)c2)C(=O)NC(C)(Cc2c[nH]c3ccccc23)C(=O)O)c1. The summed E-state index contributed by atoms with van der Waals surface area (Å²) in [5.74, 6) is -1.71. The van der Waals surface area contributed by atoms with Crippen molar-refractivity contribution in [3.05, 3.63) is 107 Å². The van der Waals surface area contributed by atoms with Gasteiger partial charge in [-0.2, -0.15) is 0 Å². The molecule has 0 spiro atoms. The number of hydrogen-bond donors (Lipinski definition) is 3. The number of carboxylic acids is 1. The number of aliphatic carboxylic acids is 1. The molecule has 0 saturated carbocycles. The molecule has 3 N–H and O–H groups in total. The van der Waals surface area contributed by atoms with Gasteiger partial charge in [0.15, 0.2) is 0 Å². The number of H-pyrrole nitrogens is 1. The van der Waals surface area contributed by atoms with Gasteiger partial charge in [-0.25, -0.2) is 4.79 Å². The summed E-state index contributed by atoms with van der Waals surface area (Å²) in [5.41, 5.74) is 4.74. The van der Waals surface area contributed by atoms with Gasteiger partial charge in [-0.15, -0.1) is 0 Å². The van der Waals surface area contributed by atoms with Crippen LogP contribution in [0.4, 0.5) is 0 Å². The molecule has 5 heteroatoms. The van der Waals surface area contributed by atoms with E-state index in [2.05, 4.69) is 22.4 Å². The number of amides is 1. The van der Waals surface area contributed by atoms with Crippen molar-refractivity contribution in [3.63, 3.8) is 0 Å². The molecule has 180 valence electrons. The average Bonchev–Trinajstić information content (AvgIpc) is 3.21. The third-order valence-electron chi connectivity index (χ3n) is 6.59. The second-order valence-corrected chi connectivity index (χ2v) is 9.75. The van der Waals surface area contributed by atoms with E-state index in [1.54, 1.807) is 6.92 Å². The summed E-state index contributed by atoms with van der Waals surface area (Å²) in [6.07, 6.45) is 3.07. The lowest BCUT2D eigenvalue weighted by atomic mass is 9.88. The highest BCUT2D eigenvalue weighted by atomic mass is 16.4. The molecule has 0 aliphatic carbocycles. The van der Waals surface area contributed by atoms with Gasteiger partial charge in [-0.1, -0.05) is 77.9 Å². The van der Waals surface area contributed by atoms with Gasteiger partial charge < -0.3 is 15.4 Å². The number of para-hydroxylation sites is 1. The summed E-state index contributed by atoms with van der Waals surface area (Å²) >= 11 is 0. The number of rotatable bonds is 9. The predicted octanol–water partition coefficient (Wildman–Crippen LogP) is 5.39. The molecule has 35 heavy (non-hydrogen) atoms. The first-order chi connectivity index (χ1) is 16.7. The summed E-state index contributed by atoms with van der Waals surface area (Å²) in [4.78, 5) is 29.3. The lowest BCUT2D eigenvalue weighted by Gasteiger charge is -2.29. The second kappa shape index (κ2) is 10.2. The Labute approximate surface area is 206 Å². The van der Waals surface area contributed by atoms with Crippen LogP contribution in [0.25, 0.3) is 10.9 Å². The van der Waals surface area contributed by atoms with Crippen molar-refractivity contribution in [2.75, 3.05) is 0 Å². The van der Waals surface area contributed by atoms with E-state index in [4.69, 9.17) is 0 Å². The monoisotopic (exact) mass is 468 g/mol. The highest BCUT2D eigenvalue weighted by Crippen LogP contribution is 2.24. The van der Waals surface area contributed by atoms with E-state index in [1.165, 1.54) is 0 Å². The highest BCUT2D eigenvalue weighted by Gasteiger charge is 2.37. The van der Waals surface area contributed by atoms with E-state index in [0.717, 1.165) is 38.7 Å². The molecule has 0 fully saturated rings. The Bertz CT molecular complexity index is 1310. The van der Waals surface area contributed by atoms with Crippen molar-refractivity contribution in [1.29, 1.82) is 0 Å². The van der Waals surface area contributed by atoms with Crippen LogP contribution >= 0.6 is 0 Å². The molecule has 0 aliphatic rings. The first-order valence-electron chi connectivity index (χ1n) is 11.9. The van der Waals surface area contributed by atoms with Crippen molar-refractivity contribution in [2.24, 2.45) is 5.92 Å². The highest BCUT2D eigenvalue weighted by molar-refractivity contribution is 5.90. The molecule has 0 aliphatic heterocycles. The smallest absolute Gasteiger partial charge is 0.329 e. The maximum atomic E-state index is 13.7. The van der Waals surface area contributed by atoms with E-state index in [0.29, 0.717) is 12.8 Å². The number of hydrogen-bond acceptors (Lipinski definition) is 2.